The normalized spacial score (nSPS) is 17.0. The molecular formula is C20H24N2O3. The lowest BCUT2D eigenvalue weighted by atomic mass is 10.0. The predicted molar refractivity (Wildman–Crippen MR) is 97.2 cm³/mol. The van der Waals surface area contributed by atoms with Crippen molar-refractivity contribution in [2.24, 2.45) is 7.05 Å². The number of amides is 1. The van der Waals surface area contributed by atoms with Gasteiger partial charge in [-0.05, 0) is 44.4 Å². The van der Waals surface area contributed by atoms with E-state index in [0.717, 1.165) is 35.4 Å². The number of para-hydroxylation sites is 1. The average Bonchev–Trinajstić information content (AvgIpc) is 3.09. The molecule has 132 valence electrons. The Hall–Kier alpha value is -2.56. The number of methoxy groups -OCH3 is 1. The first-order chi connectivity index (χ1) is 12.0. The molecular weight excluding hydrogens is 316 g/mol. The molecule has 0 N–H and O–H groups in total. The van der Waals surface area contributed by atoms with Gasteiger partial charge in [-0.1, -0.05) is 18.2 Å². The van der Waals surface area contributed by atoms with Gasteiger partial charge in [-0.2, -0.15) is 0 Å². The molecule has 0 saturated carbocycles. The summed E-state index contributed by atoms with van der Waals surface area (Å²) in [5.74, 6) is 0.590. The molecule has 1 saturated heterocycles. The zero-order valence-corrected chi connectivity index (χ0v) is 15.2. The molecule has 1 aliphatic rings. The van der Waals surface area contributed by atoms with Crippen molar-refractivity contribution in [1.82, 2.24) is 9.47 Å². The number of aromatic nitrogens is 1. The molecule has 1 aliphatic heterocycles. The van der Waals surface area contributed by atoms with Gasteiger partial charge in [0.15, 0.2) is 0 Å². The van der Waals surface area contributed by atoms with Gasteiger partial charge in [0.1, 0.15) is 11.3 Å². The van der Waals surface area contributed by atoms with Crippen LogP contribution in [-0.4, -0.2) is 29.0 Å². The van der Waals surface area contributed by atoms with E-state index in [9.17, 15) is 9.59 Å². The molecule has 0 unspecified atom stereocenters. The highest BCUT2D eigenvalue weighted by Gasteiger charge is 2.34. The van der Waals surface area contributed by atoms with E-state index in [1.165, 1.54) is 4.57 Å². The lowest BCUT2D eigenvalue weighted by Gasteiger charge is -2.27. The fourth-order valence-electron chi connectivity index (χ4n) is 3.66. The summed E-state index contributed by atoms with van der Waals surface area (Å²) in [5.41, 5.74) is 2.62. The Labute approximate surface area is 147 Å². The van der Waals surface area contributed by atoms with Crippen LogP contribution in [0.4, 0.5) is 0 Å². The fourth-order valence-corrected chi connectivity index (χ4v) is 3.66. The highest BCUT2D eigenvalue weighted by Crippen LogP contribution is 2.37. The second kappa shape index (κ2) is 6.75. The van der Waals surface area contributed by atoms with Crippen LogP contribution >= 0.6 is 0 Å². The van der Waals surface area contributed by atoms with Crippen LogP contribution in [0.3, 0.4) is 0 Å². The number of hydrogen-bond donors (Lipinski definition) is 0. The molecule has 25 heavy (non-hydrogen) atoms. The zero-order valence-electron chi connectivity index (χ0n) is 15.2. The number of rotatable bonds is 3. The van der Waals surface area contributed by atoms with Crippen LogP contribution in [0.5, 0.6) is 5.75 Å². The van der Waals surface area contributed by atoms with E-state index >= 15 is 0 Å². The Morgan fingerprint density at radius 2 is 1.96 bits per heavy atom. The highest BCUT2D eigenvalue weighted by atomic mass is 16.5. The lowest BCUT2D eigenvalue weighted by Crippen LogP contribution is -2.37. The first-order valence-electron chi connectivity index (χ1n) is 8.56. The molecule has 1 atom stereocenters. The maximum atomic E-state index is 13.2. The minimum Gasteiger partial charge on any atom is -0.496 e. The second-order valence-electron chi connectivity index (χ2n) is 6.61. The van der Waals surface area contributed by atoms with Crippen LogP contribution in [0.25, 0.3) is 0 Å². The summed E-state index contributed by atoms with van der Waals surface area (Å²) in [6.45, 7) is 4.35. The third-order valence-corrected chi connectivity index (χ3v) is 5.09. The molecule has 0 spiro atoms. The number of ether oxygens (including phenoxy) is 1. The molecule has 5 heteroatoms. The van der Waals surface area contributed by atoms with Crippen LogP contribution in [0.1, 0.15) is 46.1 Å². The van der Waals surface area contributed by atoms with Crippen molar-refractivity contribution in [1.29, 1.82) is 0 Å². The molecule has 1 aromatic heterocycles. The van der Waals surface area contributed by atoms with E-state index in [1.807, 2.05) is 49.1 Å². The first kappa shape index (κ1) is 17.3. The summed E-state index contributed by atoms with van der Waals surface area (Å²) in [4.78, 5) is 27.7. The van der Waals surface area contributed by atoms with E-state index in [2.05, 4.69) is 0 Å². The molecule has 2 heterocycles. The van der Waals surface area contributed by atoms with Crippen molar-refractivity contribution < 1.29 is 9.53 Å². The van der Waals surface area contributed by atoms with Crippen LogP contribution in [0.2, 0.25) is 0 Å². The van der Waals surface area contributed by atoms with Crippen molar-refractivity contribution in [3.8, 4) is 5.75 Å². The quantitative estimate of drug-likeness (QED) is 0.863. The smallest absolute Gasteiger partial charge is 0.263 e. The minimum absolute atomic E-state index is 0.0611. The number of hydrogen-bond acceptors (Lipinski definition) is 3. The van der Waals surface area contributed by atoms with Crippen molar-refractivity contribution in [2.75, 3.05) is 13.7 Å². The topological polar surface area (TPSA) is 51.5 Å². The van der Waals surface area contributed by atoms with E-state index in [1.54, 1.807) is 14.2 Å². The first-order valence-corrected chi connectivity index (χ1v) is 8.56. The van der Waals surface area contributed by atoms with Gasteiger partial charge in [-0.3, -0.25) is 9.59 Å². The maximum Gasteiger partial charge on any atom is 0.263 e. The van der Waals surface area contributed by atoms with Crippen LogP contribution in [-0.2, 0) is 7.05 Å². The van der Waals surface area contributed by atoms with Gasteiger partial charge >= 0.3 is 0 Å². The van der Waals surface area contributed by atoms with Gasteiger partial charge in [0, 0.05) is 24.8 Å². The summed E-state index contributed by atoms with van der Waals surface area (Å²) in [6, 6.07) is 9.61. The number of aryl methyl sites for hydroxylation is 2. The maximum absolute atomic E-state index is 13.2. The van der Waals surface area contributed by atoms with Crippen LogP contribution in [0.15, 0.2) is 35.1 Å². The third-order valence-electron chi connectivity index (χ3n) is 5.09. The van der Waals surface area contributed by atoms with Crippen molar-refractivity contribution >= 4 is 5.91 Å². The van der Waals surface area contributed by atoms with Gasteiger partial charge in [0.05, 0.1) is 13.2 Å². The number of nitrogens with zero attached hydrogens (tertiary/aromatic N) is 2. The fraction of sp³-hybridized carbons (Fsp3) is 0.400. The largest absolute Gasteiger partial charge is 0.496 e. The number of carbonyl (C=O) groups is 1. The Kier molecular flexibility index (Phi) is 4.66. The van der Waals surface area contributed by atoms with Crippen molar-refractivity contribution in [3.05, 3.63) is 63.1 Å². The second-order valence-corrected chi connectivity index (χ2v) is 6.61. The summed E-state index contributed by atoms with van der Waals surface area (Å²) in [6.07, 6.45) is 1.79. The van der Waals surface area contributed by atoms with Crippen LogP contribution < -0.4 is 10.3 Å². The number of pyridine rings is 1. The van der Waals surface area contributed by atoms with Gasteiger partial charge < -0.3 is 14.2 Å². The molecule has 5 nitrogen and oxygen atoms in total. The number of likely N-dealkylation sites (tertiary alicyclic amines) is 1. The Bertz CT molecular complexity index is 870. The lowest BCUT2D eigenvalue weighted by molar-refractivity contribution is 0.0731. The van der Waals surface area contributed by atoms with Crippen molar-refractivity contribution in [3.63, 3.8) is 0 Å². The standard InChI is InChI=1S/C20H24N2O3/c1-13-12-14(2)21(3)19(23)18(13)20(24)22-11-7-9-16(22)15-8-5-6-10-17(15)25-4/h5-6,8,10,12,16H,7,9,11H2,1-4H3/t16-/m0/s1. The van der Waals surface area contributed by atoms with Gasteiger partial charge in [0.25, 0.3) is 11.5 Å². The third kappa shape index (κ3) is 2.95. The van der Waals surface area contributed by atoms with E-state index < -0.39 is 0 Å². The summed E-state index contributed by atoms with van der Waals surface area (Å²) in [5, 5.41) is 0. The zero-order chi connectivity index (χ0) is 18.1. The summed E-state index contributed by atoms with van der Waals surface area (Å²) in [7, 11) is 3.34. The molecule has 0 radical (unpaired) electrons. The molecule has 3 rings (SSSR count). The van der Waals surface area contributed by atoms with Gasteiger partial charge in [-0.25, -0.2) is 0 Å². The molecule has 0 bridgehead atoms. The summed E-state index contributed by atoms with van der Waals surface area (Å²) < 4.78 is 7.01. The number of benzene rings is 1. The monoisotopic (exact) mass is 340 g/mol. The van der Waals surface area contributed by atoms with Gasteiger partial charge in [0.2, 0.25) is 0 Å². The van der Waals surface area contributed by atoms with E-state index in [4.69, 9.17) is 4.74 Å². The van der Waals surface area contributed by atoms with Crippen LogP contribution in [0, 0.1) is 13.8 Å². The molecule has 1 aromatic carbocycles. The SMILES string of the molecule is COc1ccccc1[C@@H]1CCCN1C(=O)c1c(C)cc(C)n(C)c1=O. The highest BCUT2D eigenvalue weighted by molar-refractivity contribution is 5.95. The number of carbonyl (C=O) groups excluding carboxylic acids is 1. The predicted octanol–water partition coefficient (Wildman–Crippen LogP) is 2.99. The minimum atomic E-state index is -0.229. The Morgan fingerprint density at radius 3 is 2.68 bits per heavy atom. The Morgan fingerprint density at radius 1 is 1.24 bits per heavy atom. The van der Waals surface area contributed by atoms with E-state index in [0.29, 0.717) is 6.54 Å². The molecule has 1 fully saturated rings. The van der Waals surface area contributed by atoms with E-state index in [-0.39, 0.29) is 23.1 Å². The Balaban J connectivity index is 2.03. The molecule has 2 aromatic rings. The van der Waals surface area contributed by atoms with Crippen molar-refractivity contribution in [2.45, 2.75) is 32.7 Å². The summed E-state index contributed by atoms with van der Waals surface area (Å²) >= 11 is 0. The molecule has 0 aliphatic carbocycles. The average molecular weight is 340 g/mol. The molecule has 1 amide bonds. The van der Waals surface area contributed by atoms with Gasteiger partial charge in [-0.15, -0.1) is 0 Å².